The molecule has 0 fully saturated rings. The van der Waals surface area contributed by atoms with Crippen LogP contribution in [0.15, 0.2) is 18.2 Å². The normalized spacial score (nSPS) is 10.6. The van der Waals surface area contributed by atoms with Crippen LogP contribution in [0.2, 0.25) is 5.02 Å². The van der Waals surface area contributed by atoms with Gasteiger partial charge in [-0.2, -0.15) is 0 Å². The van der Waals surface area contributed by atoms with Crippen molar-refractivity contribution in [3.8, 4) is 0 Å². The van der Waals surface area contributed by atoms with Crippen molar-refractivity contribution in [2.45, 2.75) is 19.9 Å². The first-order chi connectivity index (χ1) is 7.24. The molecule has 2 nitrogen and oxygen atoms in total. The molecule has 84 valence electrons. The Bertz CT molecular complexity index is 300. The van der Waals surface area contributed by atoms with E-state index in [1.807, 2.05) is 20.0 Å². The van der Waals surface area contributed by atoms with Gasteiger partial charge in [0.2, 0.25) is 0 Å². The predicted octanol–water partition coefficient (Wildman–Crippen LogP) is 2.35. The highest BCUT2D eigenvalue weighted by Gasteiger charge is 1.97. The molecule has 0 unspecified atom stereocenters. The van der Waals surface area contributed by atoms with Crippen LogP contribution >= 0.6 is 11.6 Å². The largest absolute Gasteiger partial charge is 0.320 e. The van der Waals surface area contributed by atoms with Gasteiger partial charge in [0.25, 0.3) is 0 Å². The predicted molar refractivity (Wildman–Crippen MR) is 66.4 cm³/mol. The van der Waals surface area contributed by atoms with Gasteiger partial charge in [-0.25, -0.2) is 0 Å². The van der Waals surface area contributed by atoms with Crippen LogP contribution in [0.1, 0.15) is 17.5 Å². The van der Waals surface area contributed by atoms with Gasteiger partial charge >= 0.3 is 0 Å². The monoisotopic (exact) mass is 226 g/mol. The number of hydrogen-bond acceptors (Lipinski definition) is 2. The molecule has 0 heterocycles. The molecule has 15 heavy (non-hydrogen) atoms. The molecule has 0 amide bonds. The summed E-state index contributed by atoms with van der Waals surface area (Å²) in [6, 6.07) is 6.21. The van der Waals surface area contributed by atoms with Crippen LogP contribution < -0.4 is 10.6 Å². The molecule has 0 bridgehead atoms. The third kappa shape index (κ3) is 4.65. The van der Waals surface area contributed by atoms with Crippen LogP contribution in [0.4, 0.5) is 0 Å². The van der Waals surface area contributed by atoms with E-state index in [0.717, 1.165) is 36.6 Å². The lowest BCUT2D eigenvalue weighted by Gasteiger charge is -2.06. The smallest absolute Gasteiger partial charge is 0.0438 e. The van der Waals surface area contributed by atoms with Crippen molar-refractivity contribution in [3.05, 3.63) is 34.3 Å². The lowest BCUT2D eigenvalue weighted by atomic mass is 10.1. The second-order valence-corrected chi connectivity index (χ2v) is 4.12. The van der Waals surface area contributed by atoms with E-state index in [1.165, 1.54) is 5.56 Å². The third-order valence-electron chi connectivity index (χ3n) is 2.35. The molecule has 0 radical (unpaired) electrons. The van der Waals surface area contributed by atoms with Gasteiger partial charge < -0.3 is 10.6 Å². The van der Waals surface area contributed by atoms with Crippen LogP contribution in [0.25, 0.3) is 0 Å². The van der Waals surface area contributed by atoms with Gasteiger partial charge in [0.15, 0.2) is 0 Å². The van der Waals surface area contributed by atoms with Crippen LogP contribution in [0.5, 0.6) is 0 Å². The molecular weight excluding hydrogens is 208 g/mol. The number of aryl methyl sites for hydroxylation is 1. The maximum absolute atomic E-state index is 6.04. The van der Waals surface area contributed by atoms with E-state index < -0.39 is 0 Å². The molecule has 0 spiro atoms. The standard InChI is InChI=1S/C12H19ClN2/c1-10-4-5-11(8-12(10)13)9-15-7-3-6-14-2/h4-5,8,14-15H,3,6-7,9H2,1-2H3. The summed E-state index contributed by atoms with van der Waals surface area (Å²) >= 11 is 6.04. The molecule has 0 aliphatic rings. The average molecular weight is 227 g/mol. The van der Waals surface area contributed by atoms with Gasteiger partial charge in [0.05, 0.1) is 0 Å². The van der Waals surface area contributed by atoms with Crippen molar-refractivity contribution in [2.24, 2.45) is 0 Å². The summed E-state index contributed by atoms with van der Waals surface area (Å²) < 4.78 is 0. The highest BCUT2D eigenvalue weighted by Crippen LogP contribution is 2.16. The van der Waals surface area contributed by atoms with E-state index in [2.05, 4.69) is 22.8 Å². The molecule has 0 aliphatic heterocycles. The molecule has 1 aromatic carbocycles. The Morgan fingerprint density at radius 1 is 1.27 bits per heavy atom. The van der Waals surface area contributed by atoms with Gasteiger partial charge in [-0.3, -0.25) is 0 Å². The highest BCUT2D eigenvalue weighted by atomic mass is 35.5. The minimum atomic E-state index is 0.851. The Morgan fingerprint density at radius 2 is 2.07 bits per heavy atom. The molecule has 3 heteroatoms. The third-order valence-corrected chi connectivity index (χ3v) is 2.75. The van der Waals surface area contributed by atoms with Crippen LogP contribution in [-0.4, -0.2) is 20.1 Å². The summed E-state index contributed by atoms with van der Waals surface area (Å²) in [4.78, 5) is 0. The van der Waals surface area contributed by atoms with E-state index >= 15 is 0 Å². The molecule has 0 atom stereocenters. The number of benzene rings is 1. The van der Waals surface area contributed by atoms with Crippen molar-refractivity contribution >= 4 is 11.6 Å². The van der Waals surface area contributed by atoms with E-state index in [4.69, 9.17) is 11.6 Å². The fraction of sp³-hybridized carbons (Fsp3) is 0.500. The first-order valence-corrected chi connectivity index (χ1v) is 5.72. The average Bonchev–Trinajstić information content (AvgIpc) is 2.23. The number of hydrogen-bond donors (Lipinski definition) is 2. The van der Waals surface area contributed by atoms with E-state index in [9.17, 15) is 0 Å². The topological polar surface area (TPSA) is 24.1 Å². The summed E-state index contributed by atoms with van der Waals surface area (Å²) in [5.74, 6) is 0. The minimum Gasteiger partial charge on any atom is -0.320 e. The van der Waals surface area contributed by atoms with Gasteiger partial charge in [0.1, 0.15) is 0 Å². The Labute approximate surface area is 97.0 Å². The molecule has 2 N–H and O–H groups in total. The first kappa shape index (κ1) is 12.5. The SMILES string of the molecule is CNCCCNCc1ccc(C)c(Cl)c1. The van der Waals surface area contributed by atoms with Crippen molar-refractivity contribution in [1.82, 2.24) is 10.6 Å². The second-order valence-electron chi connectivity index (χ2n) is 3.72. The summed E-state index contributed by atoms with van der Waals surface area (Å²) in [6.45, 7) is 5.00. The van der Waals surface area contributed by atoms with Crippen molar-refractivity contribution in [3.63, 3.8) is 0 Å². The maximum Gasteiger partial charge on any atom is 0.0438 e. The number of rotatable bonds is 6. The van der Waals surface area contributed by atoms with Crippen LogP contribution in [0.3, 0.4) is 0 Å². The van der Waals surface area contributed by atoms with Crippen LogP contribution in [-0.2, 0) is 6.54 Å². The molecule has 1 aromatic rings. The number of halogens is 1. The van der Waals surface area contributed by atoms with Crippen LogP contribution in [0, 0.1) is 6.92 Å². The van der Waals surface area contributed by atoms with Gasteiger partial charge in [-0.15, -0.1) is 0 Å². The Hall–Kier alpha value is -0.570. The Morgan fingerprint density at radius 3 is 2.73 bits per heavy atom. The highest BCUT2D eigenvalue weighted by molar-refractivity contribution is 6.31. The fourth-order valence-electron chi connectivity index (χ4n) is 1.37. The zero-order chi connectivity index (χ0) is 11.1. The summed E-state index contributed by atoms with van der Waals surface area (Å²) in [5.41, 5.74) is 2.38. The Balaban J connectivity index is 2.28. The molecule has 0 aromatic heterocycles. The minimum absolute atomic E-state index is 0.851. The first-order valence-electron chi connectivity index (χ1n) is 5.34. The quantitative estimate of drug-likeness (QED) is 0.728. The van der Waals surface area contributed by atoms with E-state index in [-0.39, 0.29) is 0 Å². The Kier molecular flexibility index (Phi) is 5.69. The second kappa shape index (κ2) is 6.83. The summed E-state index contributed by atoms with van der Waals surface area (Å²) in [6.07, 6.45) is 1.15. The van der Waals surface area contributed by atoms with Gasteiger partial charge in [-0.05, 0) is 50.7 Å². The zero-order valence-corrected chi connectivity index (χ0v) is 10.2. The molecule has 0 saturated heterocycles. The molecule has 0 aliphatic carbocycles. The lowest BCUT2D eigenvalue weighted by Crippen LogP contribution is -2.19. The van der Waals surface area contributed by atoms with Crippen molar-refractivity contribution < 1.29 is 0 Å². The van der Waals surface area contributed by atoms with E-state index in [1.54, 1.807) is 0 Å². The fourth-order valence-corrected chi connectivity index (χ4v) is 1.57. The summed E-state index contributed by atoms with van der Waals surface area (Å²) in [5, 5.41) is 7.36. The van der Waals surface area contributed by atoms with Gasteiger partial charge in [0, 0.05) is 11.6 Å². The molecule has 1 rings (SSSR count). The molecule has 0 saturated carbocycles. The molecular formula is C12H19ClN2. The summed E-state index contributed by atoms with van der Waals surface area (Å²) in [7, 11) is 1.97. The lowest BCUT2D eigenvalue weighted by molar-refractivity contribution is 0.625. The van der Waals surface area contributed by atoms with Gasteiger partial charge in [-0.1, -0.05) is 23.7 Å². The number of nitrogens with one attached hydrogen (secondary N) is 2. The van der Waals surface area contributed by atoms with Crippen molar-refractivity contribution in [1.29, 1.82) is 0 Å². The maximum atomic E-state index is 6.04. The van der Waals surface area contributed by atoms with Crippen molar-refractivity contribution in [2.75, 3.05) is 20.1 Å². The zero-order valence-electron chi connectivity index (χ0n) is 9.44. The van der Waals surface area contributed by atoms with E-state index in [0.29, 0.717) is 0 Å².